The van der Waals surface area contributed by atoms with Gasteiger partial charge in [-0.3, -0.25) is 4.79 Å². The molecular formula is C9H9ClOS. The number of halogens is 1. The zero-order valence-corrected chi connectivity index (χ0v) is 8.50. The molecule has 12 heavy (non-hydrogen) atoms. The van der Waals surface area contributed by atoms with Crippen LogP contribution >= 0.6 is 22.9 Å². The number of thiophene rings is 1. The van der Waals surface area contributed by atoms with Crippen molar-refractivity contribution in [1.29, 1.82) is 0 Å². The van der Waals surface area contributed by atoms with Crippen molar-refractivity contribution in [3.63, 3.8) is 0 Å². The quantitative estimate of drug-likeness (QED) is 0.669. The van der Waals surface area contributed by atoms with Crippen molar-refractivity contribution < 1.29 is 4.79 Å². The molecule has 0 unspecified atom stereocenters. The van der Waals surface area contributed by atoms with E-state index in [2.05, 4.69) is 0 Å². The van der Waals surface area contributed by atoms with E-state index in [1.807, 2.05) is 18.4 Å². The minimum Gasteiger partial charge on any atom is -0.295 e. The second kappa shape index (κ2) is 3.87. The van der Waals surface area contributed by atoms with Gasteiger partial charge in [0.1, 0.15) is 0 Å². The molecule has 64 valence electrons. The van der Waals surface area contributed by atoms with Gasteiger partial charge in [-0.1, -0.05) is 11.6 Å². The van der Waals surface area contributed by atoms with Crippen LogP contribution in [-0.4, -0.2) is 5.78 Å². The van der Waals surface area contributed by atoms with Gasteiger partial charge in [0.2, 0.25) is 0 Å². The van der Waals surface area contributed by atoms with Crippen molar-refractivity contribution in [2.45, 2.75) is 13.8 Å². The number of allylic oxidation sites excluding steroid dienone is 2. The van der Waals surface area contributed by atoms with Gasteiger partial charge in [-0.25, -0.2) is 0 Å². The highest BCUT2D eigenvalue weighted by Crippen LogP contribution is 2.25. The van der Waals surface area contributed by atoms with Crippen LogP contribution in [0.3, 0.4) is 0 Å². The third-order valence-electron chi connectivity index (χ3n) is 1.44. The first kappa shape index (κ1) is 9.49. The topological polar surface area (TPSA) is 17.1 Å². The highest BCUT2D eigenvalue weighted by Gasteiger charge is 1.99. The number of ketones is 1. The Morgan fingerprint density at radius 1 is 1.58 bits per heavy atom. The lowest BCUT2D eigenvalue weighted by Crippen LogP contribution is -1.83. The van der Waals surface area contributed by atoms with Crippen LogP contribution in [0.4, 0.5) is 0 Å². The Labute approximate surface area is 80.7 Å². The summed E-state index contributed by atoms with van der Waals surface area (Å²) in [6.45, 7) is 3.44. The first-order chi connectivity index (χ1) is 5.59. The smallest absolute Gasteiger partial charge is 0.152 e. The van der Waals surface area contributed by atoms with Gasteiger partial charge in [0, 0.05) is 0 Å². The molecule has 1 heterocycles. The van der Waals surface area contributed by atoms with Gasteiger partial charge < -0.3 is 0 Å². The Hall–Kier alpha value is -0.600. The molecule has 0 spiro atoms. The highest BCUT2D eigenvalue weighted by molar-refractivity contribution is 7.14. The average Bonchev–Trinajstić information content (AvgIpc) is 2.34. The Balaban J connectivity index is 2.91. The lowest BCUT2D eigenvalue weighted by atomic mass is 10.1. The molecule has 0 saturated carbocycles. The molecule has 0 saturated heterocycles. The summed E-state index contributed by atoms with van der Waals surface area (Å²) in [6, 6.07) is 1.86. The molecule has 1 rings (SSSR count). The van der Waals surface area contributed by atoms with Crippen LogP contribution in [0.5, 0.6) is 0 Å². The van der Waals surface area contributed by atoms with Crippen LogP contribution in [0.2, 0.25) is 4.34 Å². The van der Waals surface area contributed by atoms with Crippen LogP contribution in [0.1, 0.15) is 19.4 Å². The van der Waals surface area contributed by atoms with Gasteiger partial charge in [-0.05, 0) is 42.5 Å². The lowest BCUT2D eigenvalue weighted by Gasteiger charge is -1.93. The molecule has 0 aliphatic carbocycles. The van der Waals surface area contributed by atoms with E-state index >= 15 is 0 Å². The molecule has 0 N–H and O–H groups in total. The molecule has 0 aromatic carbocycles. The van der Waals surface area contributed by atoms with Gasteiger partial charge in [0.15, 0.2) is 5.78 Å². The molecule has 1 nitrogen and oxygen atoms in total. The summed E-state index contributed by atoms with van der Waals surface area (Å²) >= 11 is 7.22. The van der Waals surface area contributed by atoms with Gasteiger partial charge in [-0.2, -0.15) is 0 Å². The molecule has 0 atom stereocenters. The fourth-order valence-corrected chi connectivity index (χ4v) is 1.84. The molecule has 3 heteroatoms. The first-order valence-corrected chi connectivity index (χ1v) is 4.78. The van der Waals surface area contributed by atoms with E-state index in [1.54, 1.807) is 6.08 Å². The molecule has 1 aromatic rings. The van der Waals surface area contributed by atoms with Crippen LogP contribution in [0.15, 0.2) is 17.5 Å². The molecule has 0 bridgehead atoms. The third kappa shape index (κ3) is 2.47. The van der Waals surface area contributed by atoms with Crippen molar-refractivity contribution >= 4 is 34.3 Å². The van der Waals surface area contributed by atoms with Crippen molar-refractivity contribution in [3.05, 3.63) is 27.4 Å². The minimum atomic E-state index is 0.0647. The highest BCUT2D eigenvalue weighted by atomic mass is 35.5. The van der Waals surface area contributed by atoms with Crippen molar-refractivity contribution in [2.75, 3.05) is 0 Å². The number of carbonyl (C=O) groups excluding carboxylic acids is 1. The SMILES string of the molecule is CC(=O)/C=C(/C)c1csc(Cl)c1. The maximum atomic E-state index is 10.7. The molecule has 0 aliphatic heterocycles. The van der Waals surface area contributed by atoms with E-state index in [4.69, 9.17) is 11.6 Å². The van der Waals surface area contributed by atoms with Crippen LogP contribution in [0, 0.1) is 0 Å². The molecule has 0 radical (unpaired) electrons. The average molecular weight is 201 g/mol. The van der Waals surface area contributed by atoms with Gasteiger partial charge >= 0.3 is 0 Å². The molecule has 1 aromatic heterocycles. The zero-order valence-electron chi connectivity index (χ0n) is 6.93. The second-order valence-corrected chi connectivity index (χ2v) is 4.12. The van der Waals surface area contributed by atoms with Gasteiger partial charge in [0.05, 0.1) is 4.34 Å². The van der Waals surface area contributed by atoms with Crippen LogP contribution in [-0.2, 0) is 4.79 Å². The fourth-order valence-electron chi connectivity index (χ4n) is 0.905. The number of carbonyl (C=O) groups is 1. The summed E-state index contributed by atoms with van der Waals surface area (Å²) in [7, 11) is 0. The van der Waals surface area contributed by atoms with E-state index in [0.29, 0.717) is 0 Å². The minimum absolute atomic E-state index is 0.0647. The van der Waals surface area contributed by atoms with E-state index < -0.39 is 0 Å². The van der Waals surface area contributed by atoms with Crippen LogP contribution in [0.25, 0.3) is 5.57 Å². The maximum Gasteiger partial charge on any atom is 0.152 e. The van der Waals surface area contributed by atoms with E-state index in [9.17, 15) is 4.79 Å². The zero-order chi connectivity index (χ0) is 9.14. The standard InChI is InChI=1S/C9H9ClOS/c1-6(3-7(2)11)8-4-9(10)12-5-8/h3-5H,1-2H3/b6-3-. The second-order valence-electron chi connectivity index (χ2n) is 2.58. The summed E-state index contributed by atoms with van der Waals surface area (Å²) in [5, 5.41) is 1.94. The summed E-state index contributed by atoms with van der Waals surface area (Å²) in [4.78, 5) is 10.7. The summed E-state index contributed by atoms with van der Waals surface area (Å²) in [5.74, 6) is 0.0647. The molecular weight excluding hydrogens is 192 g/mol. The maximum absolute atomic E-state index is 10.7. The van der Waals surface area contributed by atoms with E-state index in [-0.39, 0.29) is 5.78 Å². The predicted octanol–water partition coefficient (Wildman–Crippen LogP) is 3.39. The Morgan fingerprint density at radius 2 is 2.25 bits per heavy atom. The molecule has 0 aliphatic rings. The van der Waals surface area contributed by atoms with Crippen molar-refractivity contribution in [3.8, 4) is 0 Å². The van der Waals surface area contributed by atoms with Crippen LogP contribution < -0.4 is 0 Å². The summed E-state index contributed by atoms with van der Waals surface area (Å²) < 4.78 is 0.751. The van der Waals surface area contributed by atoms with Gasteiger partial charge in [-0.15, -0.1) is 11.3 Å². The Bertz CT molecular complexity index is 325. The van der Waals surface area contributed by atoms with Crippen molar-refractivity contribution in [2.24, 2.45) is 0 Å². The summed E-state index contributed by atoms with van der Waals surface area (Å²) in [6.07, 6.45) is 1.61. The van der Waals surface area contributed by atoms with E-state index in [1.165, 1.54) is 18.3 Å². The van der Waals surface area contributed by atoms with Crippen molar-refractivity contribution in [1.82, 2.24) is 0 Å². The summed E-state index contributed by atoms with van der Waals surface area (Å²) in [5.41, 5.74) is 1.99. The largest absolute Gasteiger partial charge is 0.295 e. The molecule has 0 fully saturated rings. The van der Waals surface area contributed by atoms with Gasteiger partial charge in [0.25, 0.3) is 0 Å². The Kier molecular flexibility index (Phi) is 3.06. The fraction of sp³-hybridized carbons (Fsp3) is 0.222. The number of hydrogen-bond donors (Lipinski definition) is 0. The normalized spacial score (nSPS) is 11.8. The predicted molar refractivity (Wildman–Crippen MR) is 53.7 cm³/mol. The van der Waals surface area contributed by atoms with E-state index in [0.717, 1.165) is 15.5 Å². The first-order valence-electron chi connectivity index (χ1n) is 3.53. The lowest BCUT2D eigenvalue weighted by molar-refractivity contribution is -0.112. The molecule has 0 amide bonds. The monoisotopic (exact) mass is 200 g/mol. The Morgan fingerprint density at radius 3 is 2.67 bits per heavy atom. The number of rotatable bonds is 2. The third-order valence-corrected chi connectivity index (χ3v) is 2.53. The number of hydrogen-bond acceptors (Lipinski definition) is 2.